The van der Waals surface area contributed by atoms with Crippen molar-refractivity contribution in [1.82, 2.24) is 10.3 Å². The molecule has 116 valence electrons. The third-order valence-electron chi connectivity index (χ3n) is 3.13. The second-order valence-electron chi connectivity index (χ2n) is 5.04. The first-order valence-corrected chi connectivity index (χ1v) is 7.31. The monoisotopic (exact) mass is 299 g/mol. The van der Waals surface area contributed by atoms with Crippen LogP contribution in [0.2, 0.25) is 0 Å². The van der Waals surface area contributed by atoms with Gasteiger partial charge in [-0.2, -0.15) is 0 Å². The van der Waals surface area contributed by atoms with Gasteiger partial charge in [-0.3, -0.25) is 4.98 Å². The minimum Gasteiger partial charge on any atom is -0.493 e. The number of rotatable bonds is 6. The fraction of sp³-hybridized carbons (Fsp3) is 0.294. The van der Waals surface area contributed by atoms with Gasteiger partial charge >= 0.3 is 6.03 Å². The molecule has 0 unspecified atom stereocenters. The molecule has 0 aliphatic carbocycles. The van der Waals surface area contributed by atoms with E-state index in [0.717, 1.165) is 23.4 Å². The number of nitrogens with zero attached hydrogens (tertiary/aromatic N) is 1. The number of aromatic nitrogens is 1. The van der Waals surface area contributed by atoms with Gasteiger partial charge in [-0.05, 0) is 44.0 Å². The second kappa shape index (κ2) is 8.02. The van der Waals surface area contributed by atoms with Crippen molar-refractivity contribution < 1.29 is 9.53 Å². The molecule has 5 nitrogen and oxygen atoms in total. The van der Waals surface area contributed by atoms with E-state index in [-0.39, 0.29) is 6.03 Å². The summed E-state index contributed by atoms with van der Waals surface area (Å²) in [5.74, 6) is 0.887. The number of ether oxygens (including phenoxy) is 1. The summed E-state index contributed by atoms with van der Waals surface area (Å²) >= 11 is 0. The Kier molecular flexibility index (Phi) is 5.77. The number of amides is 2. The van der Waals surface area contributed by atoms with Crippen LogP contribution >= 0.6 is 0 Å². The molecule has 1 aromatic heterocycles. The summed E-state index contributed by atoms with van der Waals surface area (Å²) in [6, 6.07) is 11.3. The maximum absolute atomic E-state index is 11.7. The summed E-state index contributed by atoms with van der Waals surface area (Å²) in [5.41, 5.74) is 2.71. The van der Waals surface area contributed by atoms with Gasteiger partial charge in [-0.1, -0.05) is 18.2 Å². The molecule has 1 heterocycles. The van der Waals surface area contributed by atoms with Crippen LogP contribution in [-0.4, -0.2) is 24.2 Å². The zero-order valence-corrected chi connectivity index (χ0v) is 12.9. The largest absolute Gasteiger partial charge is 0.493 e. The van der Waals surface area contributed by atoms with Crippen molar-refractivity contribution in [2.24, 2.45) is 0 Å². The van der Waals surface area contributed by atoms with Crippen LogP contribution in [0.4, 0.5) is 10.5 Å². The van der Waals surface area contributed by atoms with Gasteiger partial charge in [0.25, 0.3) is 0 Å². The maximum atomic E-state index is 11.7. The zero-order chi connectivity index (χ0) is 15.8. The van der Waals surface area contributed by atoms with E-state index in [2.05, 4.69) is 15.6 Å². The normalized spacial score (nSPS) is 10.1. The minimum atomic E-state index is -0.235. The van der Waals surface area contributed by atoms with Gasteiger partial charge < -0.3 is 15.4 Å². The van der Waals surface area contributed by atoms with Gasteiger partial charge in [0.1, 0.15) is 5.75 Å². The third kappa shape index (κ3) is 5.09. The van der Waals surface area contributed by atoms with Crippen molar-refractivity contribution in [3.8, 4) is 5.75 Å². The molecule has 0 saturated carbocycles. The molecule has 5 heteroatoms. The highest BCUT2D eigenvalue weighted by molar-refractivity contribution is 5.88. The van der Waals surface area contributed by atoms with Gasteiger partial charge in [0.15, 0.2) is 0 Å². The summed E-state index contributed by atoms with van der Waals surface area (Å²) in [6.07, 6.45) is 2.38. The highest BCUT2D eigenvalue weighted by Crippen LogP contribution is 2.15. The standard InChI is InChI=1S/C17H21N3O2/c1-13-6-3-4-7-16(13)22-11-5-10-18-17(21)20-15-9-8-14(2)19-12-15/h3-4,6-9,12H,5,10-11H2,1-2H3,(H2,18,20,21). The van der Waals surface area contributed by atoms with Crippen LogP contribution in [0.5, 0.6) is 5.75 Å². The SMILES string of the molecule is Cc1ccc(NC(=O)NCCCOc2ccccc2C)cn1. The number of anilines is 1. The fourth-order valence-electron chi connectivity index (χ4n) is 1.89. The number of hydrogen-bond acceptors (Lipinski definition) is 3. The molecule has 0 bridgehead atoms. The molecule has 0 aliphatic rings. The maximum Gasteiger partial charge on any atom is 0.319 e. The van der Waals surface area contributed by atoms with E-state index >= 15 is 0 Å². The Morgan fingerprint density at radius 3 is 2.73 bits per heavy atom. The average molecular weight is 299 g/mol. The van der Waals surface area contributed by atoms with Crippen molar-refractivity contribution in [1.29, 1.82) is 0 Å². The smallest absolute Gasteiger partial charge is 0.319 e. The van der Waals surface area contributed by atoms with Crippen LogP contribution < -0.4 is 15.4 Å². The molecule has 2 rings (SSSR count). The molecule has 0 fully saturated rings. The van der Waals surface area contributed by atoms with E-state index < -0.39 is 0 Å². The predicted octanol–water partition coefficient (Wildman–Crippen LogP) is 3.29. The number of urea groups is 1. The number of aryl methyl sites for hydroxylation is 2. The first-order chi connectivity index (χ1) is 10.6. The molecule has 0 saturated heterocycles. The molecule has 0 aliphatic heterocycles. The van der Waals surface area contributed by atoms with Crippen LogP contribution in [0.1, 0.15) is 17.7 Å². The Balaban J connectivity index is 1.63. The van der Waals surface area contributed by atoms with E-state index in [0.29, 0.717) is 18.8 Å². The summed E-state index contributed by atoms with van der Waals surface area (Å²) in [7, 11) is 0. The molecule has 0 radical (unpaired) electrons. The number of para-hydroxylation sites is 1. The lowest BCUT2D eigenvalue weighted by atomic mass is 10.2. The molecule has 0 atom stereocenters. The Labute approximate surface area is 130 Å². The average Bonchev–Trinajstić information content (AvgIpc) is 2.51. The van der Waals surface area contributed by atoms with Gasteiger partial charge in [0.05, 0.1) is 18.5 Å². The lowest BCUT2D eigenvalue weighted by Crippen LogP contribution is -2.30. The summed E-state index contributed by atoms with van der Waals surface area (Å²) in [4.78, 5) is 15.8. The van der Waals surface area contributed by atoms with E-state index in [1.54, 1.807) is 6.20 Å². The van der Waals surface area contributed by atoms with Crippen molar-refractivity contribution >= 4 is 11.7 Å². The fourth-order valence-corrected chi connectivity index (χ4v) is 1.89. The van der Waals surface area contributed by atoms with E-state index in [4.69, 9.17) is 4.74 Å². The molecule has 2 aromatic rings. The van der Waals surface area contributed by atoms with E-state index in [9.17, 15) is 4.79 Å². The third-order valence-corrected chi connectivity index (χ3v) is 3.13. The molecule has 2 N–H and O–H groups in total. The van der Waals surface area contributed by atoms with Crippen molar-refractivity contribution in [3.63, 3.8) is 0 Å². The molecular weight excluding hydrogens is 278 g/mol. The highest BCUT2D eigenvalue weighted by Gasteiger charge is 2.02. The van der Waals surface area contributed by atoms with Gasteiger partial charge in [-0.25, -0.2) is 4.79 Å². The molecule has 1 aromatic carbocycles. The summed E-state index contributed by atoms with van der Waals surface area (Å²) in [6.45, 7) is 5.03. The topological polar surface area (TPSA) is 63.2 Å². The Hall–Kier alpha value is -2.56. The van der Waals surface area contributed by atoms with Crippen LogP contribution in [0.3, 0.4) is 0 Å². The second-order valence-corrected chi connectivity index (χ2v) is 5.04. The van der Waals surface area contributed by atoms with E-state index in [1.165, 1.54) is 0 Å². The Morgan fingerprint density at radius 2 is 2.00 bits per heavy atom. The zero-order valence-electron chi connectivity index (χ0n) is 12.9. The van der Waals surface area contributed by atoms with Crippen LogP contribution in [0.15, 0.2) is 42.6 Å². The number of nitrogens with one attached hydrogen (secondary N) is 2. The summed E-state index contributed by atoms with van der Waals surface area (Å²) < 4.78 is 5.67. The van der Waals surface area contributed by atoms with Gasteiger partial charge in [0, 0.05) is 12.2 Å². The van der Waals surface area contributed by atoms with Crippen molar-refractivity contribution in [2.75, 3.05) is 18.5 Å². The van der Waals surface area contributed by atoms with Gasteiger partial charge in [0.2, 0.25) is 0 Å². The number of carbonyl (C=O) groups excluding carboxylic acids is 1. The predicted molar refractivity (Wildman–Crippen MR) is 87.3 cm³/mol. The van der Waals surface area contributed by atoms with Crippen LogP contribution in [0, 0.1) is 13.8 Å². The van der Waals surface area contributed by atoms with Crippen LogP contribution in [-0.2, 0) is 0 Å². The molecule has 0 spiro atoms. The number of pyridine rings is 1. The van der Waals surface area contributed by atoms with Crippen molar-refractivity contribution in [3.05, 3.63) is 53.9 Å². The molecular formula is C17H21N3O2. The molecule has 22 heavy (non-hydrogen) atoms. The minimum absolute atomic E-state index is 0.235. The number of carbonyl (C=O) groups is 1. The highest BCUT2D eigenvalue weighted by atomic mass is 16.5. The van der Waals surface area contributed by atoms with E-state index in [1.807, 2.05) is 50.2 Å². The Morgan fingerprint density at radius 1 is 1.18 bits per heavy atom. The van der Waals surface area contributed by atoms with Gasteiger partial charge in [-0.15, -0.1) is 0 Å². The quantitative estimate of drug-likeness (QED) is 0.805. The van der Waals surface area contributed by atoms with Crippen molar-refractivity contribution in [2.45, 2.75) is 20.3 Å². The Bertz CT molecular complexity index is 612. The number of hydrogen-bond donors (Lipinski definition) is 2. The first-order valence-electron chi connectivity index (χ1n) is 7.31. The summed E-state index contributed by atoms with van der Waals surface area (Å²) in [5, 5.41) is 5.52. The number of benzene rings is 1. The van der Waals surface area contributed by atoms with Crippen LogP contribution in [0.25, 0.3) is 0 Å². The first kappa shape index (κ1) is 15.8. The lowest BCUT2D eigenvalue weighted by Gasteiger charge is -2.10. The molecule has 2 amide bonds. The lowest BCUT2D eigenvalue weighted by molar-refractivity contribution is 0.250.